The molecule has 1 aliphatic heterocycles. The van der Waals surface area contributed by atoms with Crippen LogP contribution in [0.5, 0.6) is 0 Å². The van der Waals surface area contributed by atoms with Crippen LogP contribution in [0.3, 0.4) is 0 Å². The van der Waals surface area contributed by atoms with Crippen LogP contribution in [0.25, 0.3) is 10.9 Å². The molecular weight excluding hydrogens is 372 g/mol. The van der Waals surface area contributed by atoms with Crippen LogP contribution in [-0.4, -0.2) is 16.2 Å². The Labute approximate surface area is 157 Å². The van der Waals surface area contributed by atoms with Gasteiger partial charge >= 0.3 is 0 Å². The standard InChI is InChI=1S/C22H21BrN2/c1-21(2)19-16(8-5-9-17(19)23)20(25-22(21,3)4)15-11-10-14-7-6-12-24-18(14)13-15/h5-13H,1-4H3. The molecule has 2 aromatic carbocycles. The molecule has 1 aliphatic rings. The third kappa shape index (κ3) is 2.44. The zero-order chi connectivity index (χ0) is 17.8. The van der Waals surface area contributed by atoms with E-state index >= 15 is 0 Å². The molecule has 126 valence electrons. The molecule has 3 heteroatoms. The number of hydrogen-bond donors (Lipinski definition) is 0. The van der Waals surface area contributed by atoms with Crippen LogP contribution in [0.4, 0.5) is 0 Å². The van der Waals surface area contributed by atoms with Crippen molar-refractivity contribution in [1.29, 1.82) is 0 Å². The van der Waals surface area contributed by atoms with Gasteiger partial charge in [0, 0.05) is 32.6 Å². The molecular formula is C22H21BrN2. The van der Waals surface area contributed by atoms with Crippen LogP contribution in [0.1, 0.15) is 44.4 Å². The molecule has 0 bridgehead atoms. The van der Waals surface area contributed by atoms with Gasteiger partial charge in [-0.25, -0.2) is 0 Å². The summed E-state index contributed by atoms with van der Waals surface area (Å²) in [6, 6.07) is 16.9. The number of benzene rings is 2. The first-order valence-electron chi connectivity index (χ1n) is 8.56. The van der Waals surface area contributed by atoms with Crippen molar-refractivity contribution in [2.45, 2.75) is 38.6 Å². The van der Waals surface area contributed by atoms with Gasteiger partial charge in [0.25, 0.3) is 0 Å². The van der Waals surface area contributed by atoms with Gasteiger partial charge in [0.1, 0.15) is 0 Å². The fourth-order valence-electron chi connectivity index (χ4n) is 3.58. The Morgan fingerprint density at radius 2 is 1.72 bits per heavy atom. The summed E-state index contributed by atoms with van der Waals surface area (Å²) in [5, 5.41) is 1.15. The molecule has 2 nitrogen and oxygen atoms in total. The van der Waals surface area contributed by atoms with Crippen LogP contribution in [0.2, 0.25) is 0 Å². The predicted octanol–water partition coefficient (Wildman–Crippen LogP) is 5.90. The molecule has 0 unspecified atom stereocenters. The van der Waals surface area contributed by atoms with E-state index in [9.17, 15) is 0 Å². The first kappa shape index (κ1) is 16.5. The van der Waals surface area contributed by atoms with E-state index in [4.69, 9.17) is 4.99 Å². The molecule has 0 radical (unpaired) electrons. The molecule has 4 rings (SSSR count). The average Bonchev–Trinajstić information content (AvgIpc) is 2.58. The number of halogens is 1. The third-order valence-electron chi connectivity index (χ3n) is 5.69. The molecule has 0 spiro atoms. The van der Waals surface area contributed by atoms with E-state index in [0.29, 0.717) is 0 Å². The third-order valence-corrected chi connectivity index (χ3v) is 6.35. The normalized spacial score (nSPS) is 17.9. The molecule has 3 aromatic rings. The maximum absolute atomic E-state index is 5.19. The SMILES string of the molecule is CC1(C)N=C(c2ccc3cccnc3c2)c2cccc(Br)c2C1(C)C. The second kappa shape index (κ2) is 5.50. The van der Waals surface area contributed by atoms with Crippen LogP contribution in [0.15, 0.2) is 64.2 Å². The Bertz CT molecular complexity index is 1020. The number of aromatic nitrogens is 1. The van der Waals surface area contributed by atoms with E-state index in [1.807, 2.05) is 12.3 Å². The molecule has 25 heavy (non-hydrogen) atoms. The molecule has 0 amide bonds. The first-order chi connectivity index (χ1) is 11.8. The number of rotatable bonds is 1. The quantitative estimate of drug-likeness (QED) is 0.505. The van der Waals surface area contributed by atoms with Crippen LogP contribution in [0, 0.1) is 0 Å². The van der Waals surface area contributed by atoms with E-state index < -0.39 is 0 Å². The predicted molar refractivity (Wildman–Crippen MR) is 109 cm³/mol. The van der Waals surface area contributed by atoms with Crippen molar-refractivity contribution in [3.63, 3.8) is 0 Å². The van der Waals surface area contributed by atoms with Gasteiger partial charge in [-0.1, -0.05) is 60.1 Å². The lowest BCUT2D eigenvalue weighted by Gasteiger charge is -2.45. The summed E-state index contributed by atoms with van der Waals surface area (Å²) in [6.45, 7) is 8.99. The van der Waals surface area contributed by atoms with E-state index in [1.165, 1.54) is 11.1 Å². The Morgan fingerprint density at radius 3 is 2.52 bits per heavy atom. The summed E-state index contributed by atoms with van der Waals surface area (Å²) in [7, 11) is 0. The zero-order valence-electron chi connectivity index (χ0n) is 15.0. The second-order valence-electron chi connectivity index (χ2n) is 7.72. The van der Waals surface area contributed by atoms with Gasteiger partial charge in [-0.3, -0.25) is 9.98 Å². The van der Waals surface area contributed by atoms with Gasteiger partial charge in [-0.15, -0.1) is 0 Å². The van der Waals surface area contributed by atoms with Gasteiger partial charge < -0.3 is 0 Å². The summed E-state index contributed by atoms with van der Waals surface area (Å²) < 4.78 is 1.15. The summed E-state index contributed by atoms with van der Waals surface area (Å²) in [5.74, 6) is 0. The van der Waals surface area contributed by atoms with E-state index in [1.54, 1.807) is 0 Å². The molecule has 0 N–H and O–H groups in total. The number of aliphatic imine (C=N–C) groups is 1. The minimum atomic E-state index is -0.210. The zero-order valence-corrected chi connectivity index (χ0v) is 16.6. The molecule has 1 aromatic heterocycles. The summed E-state index contributed by atoms with van der Waals surface area (Å²) in [5.41, 5.74) is 5.42. The fourth-order valence-corrected chi connectivity index (χ4v) is 4.44. The molecule has 0 fully saturated rings. The molecule has 2 heterocycles. The van der Waals surface area contributed by atoms with E-state index in [2.05, 4.69) is 91.1 Å². The van der Waals surface area contributed by atoms with Crippen molar-refractivity contribution in [2.24, 2.45) is 4.99 Å². The second-order valence-corrected chi connectivity index (χ2v) is 8.57. The van der Waals surface area contributed by atoms with Crippen LogP contribution in [-0.2, 0) is 5.41 Å². The van der Waals surface area contributed by atoms with E-state index in [0.717, 1.165) is 26.7 Å². The maximum atomic E-state index is 5.19. The summed E-state index contributed by atoms with van der Waals surface area (Å²) in [4.78, 5) is 9.71. The fraction of sp³-hybridized carbons (Fsp3) is 0.273. The van der Waals surface area contributed by atoms with Gasteiger partial charge in [0.15, 0.2) is 0 Å². The lowest BCUT2D eigenvalue weighted by atomic mass is 9.65. The number of nitrogens with zero attached hydrogens (tertiary/aromatic N) is 2. The molecule has 0 saturated heterocycles. The monoisotopic (exact) mass is 392 g/mol. The van der Waals surface area contributed by atoms with Crippen molar-refractivity contribution in [3.05, 3.63) is 75.9 Å². The maximum Gasteiger partial charge on any atom is 0.0730 e. The molecule has 0 aliphatic carbocycles. The highest BCUT2D eigenvalue weighted by Gasteiger charge is 2.44. The topological polar surface area (TPSA) is 25.2 Å². The van der Waals surface area contributed by atoms with Gasteiger partial charge in [-0.05, 0) is 37.6 Å². The van der Waals surface area contributed by atoms with Gasteiger partial charge in [0.2, 0.25) is 0 Å². The van der Waals surface area contributed by atoms with Crippen molar-refractivity contribution < 1.29 is 0 Å². The van der Waals surface area contributed by atoms with Crippen LogP contribution >= 0.6 is 15.9 Å². The largest absolute Gasteiger partial charge is 0.277 e. The lowest BCUT2D eigenvalue weighted by Crippen LogP contribution is -2.46. The summed E-state index contributed by atoms with van der Waals surface area (Å²) >= 11 is 3.78. The van der Waals surface area contributed by atoms with Crippen molar-refractivity contribution >= 4 is 32.5 Å². The minimum absolute atomic E-state index is 0.0684. The average molecular weight is 393 g/mol. The van der Waals surface area contributed by atoms with Crippen molar-refractivity contribution in [2.75, 3.05) is 0 Å². The molecule has 0 atom stereocenters. The Morgan fingerprint density at radius 1 is 0.920 bits per heavy atom. The number of hydrogen-bond acceptors (Lipinski definition) is 2. The van der Waals surface area contributed by atoms with Crippen molar-refractivity contribution in [3.8, 4) is 0 Å². The first-order valence-corrected chi connectivity index (χ1v) is 9.35. The summed E-state index contributed by atoms with van der Waals surface area (Å²) in [6.07, 6.45) is 1.84. The highest BCUT2D eigenvalue weighted by molar-refractivity contribution is 9.10. The van der Waals surface area contributed by atoms with E-state index in [-0.39, 0.29) is 11.0 Å². The number of fused-ring (bicyclic) bond motifs is 2. The van der Waals surface area contributed by atoms with Gasteiger partial charge in [-0.2, -0.15) is 0 Å². The van der Waals surface area contributed by atoms with Gasteiger partial charge in [0.05, 0.1) is 16.8 Å². The highest BCUT2D eigenvalue weighted by Crippen LogP contribution is 2.46. The Kier molecular flexibility index (Phi) is 3.62. The van der Waals surface area contributed by atoms with Crippen LogP contribution < -0.4 is 0 Å². The lowest BCUT2D eigenvalue weighted by molar-refractivity contribution is 0.302. The van der Waals surface area contributed by atoms with Crippen molar-refractivity contribution in [1.82, 2.24) is 4.98 Å². The Balaban J connectivity index is 2.00. The minimum Gasteiger partial charge on any atom is -0.277 e. The molecule has 0 saturated carbocycles. The smallest absolute Gasteiger partial charge is 0.0730 e. The number of pyridine rings is 1. The highest BCUT2D eigenvalue weighted by atomic mass is 79.9. The Hall–Kier alpha value is -2.00.